The second-order valence-electron chi connectivity index (χ2n) is 4.95. The van der Waals surface area contributed by atoms with Gasteiger partial charge in [0.2, 0.25) is 0 Å². The third-order valence-corrected chi connectivity index (χ3v) is 3.34. The van der Waals surface area contributed by atoms with Gasteiger partial charge in [-0.3, -0.25) is 4.79 Å². The Morgan fingerprint density at radius 1 is 1.35 bits per heavy atom. The van der Waals surface area contributed by atoms with Crippen LogP contribution in [0.3, 0.4) is 0 Å². The molecule has 0 radical (unpaired) electrons. The lowest BCUT2D eigenvalue weighted by Gasteiger charge is -2.16. The number of hydrogen-bond acceptors (Lipinski definition) is 2. The SMILES string of the molecule is Cc1c(N)cccc1C(=O)NCC(C)C(C)C. The Bertz CT molecular complexity index is 399. The molecule has 0 aliphatic rings. The molecule has 0 aliphatic carbocycles. The summed E-state index contributed by atoms with van der Waals surface area (Å²) in [6, 6.07) is 5.42. The summed E-state index contributed by atoms with van der Waals surface area (Å²) in [6.07, 6.45) is 0. The highest BCUT2D eigenvalue weighted by Gasteiger charge is 2.12. The normalized spacial score (nSPS) is 12.5. The van der Waals surface area contributed by atoms with E-state index in [9.17, 15) is 4.79 Å². The van der Waals surface area contributed by atoms with Crippen LogP contribution in [0.1, 0.15) is 36.7 Å². The minimum Gasteiger partial charge on any atom is -0.398 e. The number of nitrogens with two attached hydrogens (primary N) is 1. The van der Waals surface area contributed by atoms with Crippen molar-refractivity contribution in [2.24, 2.45) is 11.8 Å². The fourth-order valence-electron chi connectivity index (χ4n) is 1.48. The molecule has 1 rings (SSSR count). The van der Waals surface area contributed by atoms with Crippen LogP contribution in [0.2, 0.25) is 0 Å². The Labute approximate surface area is 103 Å². The van der Waals surface area contributed by atoms with E-state index in [1.54, 1.807) is 6.07 Å². The molecule has 0 bridgehead atoms. The molecule has 1 aromatic rings. The first-order valence-electron chi connectivity index (χ1n) is 6.06. The Morgan fingerprint density at radius 3 is 2.59 bits per heavy atom. The largest absolute Gasteiger partial charge is 0.398 e. The molecule has 0 saturated heterocycles. The number of anilines is 1. The lowest BCUT2D eigenvalue weighted by atomic mass is 9.98. The van der Waals surface area contributed by atoms with Crippen LogP contribution in [0.15, 0.2) is 18.2 Å². The third-order valence-electron chi connectivity index (χ3n) is 3.34. The van der Waals surface area contributed by atoms with E-state index >= 15 is 0 Å². The van der Waals surface area contributed by atoms with E-state index in [2.05, 4.69) is 26.1 Å². The number of hydrogen-bond donors (Lipinski definition) is 2. The van der Waals surface area contributed by atoms with Crippen molar-refractivity contribution >= 4 is 11.6 Å². The molecule has 17 heavy (non-hydrogen) atoms. The van der Waals surface area contributed by atoms with E-state index in [1.807, 2.05) is 19.1 Å². The first-order valence-corrected chi connectivity index (χ1v) is 6.06. The topological polar surface area (TPSA) is 55.1 Å². The van der Waals surface area contributed by atoms with Crippen LogP contribution < -0.4 is 11.1 Å². The first kappa shape index (κ1) is 13.6. The summed E-state index contributed by atoms with van der Waals surface area (Å²) in [6.45, 7) is 9.02. The van der Waals surface area contributed by atoms with Gasteiger partial charge in [0, 0.05) is 17.8 Å². The minimum absolute atomic E-state index is 0.0395. The number of carbonyl (C=O) groups is 1. The Morgan fingerprint density at radius 2 is 2.00 bits per heavy atom. The minimum atomic E-state index is -0.0395. The molecule has 0 aliphatic heterocycles. The number of amides is 1. The lowest BCUT2D eigenvalue weighted by molar-refractivity contribution is 0.0944. The predicted octanol–water partition coefficient (Wildman–Crippen LogP) is 2.60. The van der Waals surface area contributed by atoms with Crippen LogP contribution in [-0.2, 0) is 0 Å². The fraction of sp³-hybridized carbons (Fsp3) is 0.500. The quantitative estimate of drug-likeness (QED) is 0.787. The van der Waals surface area contributed by atoms with Gasteiger partial charge < -0.3 is 11.1 Å². The van der Waals surface area contributed by atoms with Crippen LogP contribution in [0.25, 0.3) is 0 Å². The lowest BCUT2D eigenvalue weighted by Crippen LogP contribution is -2.30. The standard InChI is InChI=1S/C14H22N2O/c1-9(2)10(3)8-16-14(17)12-6-5-7-13(15)11(12)4/h5-7,9-10H,8,15H2,1-4H3,(H,16,17). The van der Waals surface area contributed by atoms with Gasteiger partial charge in [-0.25, -0.2) is 0 Å². The summed E-state index contributed by atoms with van der Waals surface area (Å²) in [5.41, 5.74) is 7.96. The molecular weight excluding hydrogens is 212 g/mol. The van der Waals surface area contributed by atoms with Crippen LogP contribution in [0.4, 0.5) is 5.69 Å². The van der Waals surface area contributed by atoms with Crippen molar-refractivity contribution in [2.75, 3.05) is 12.3 Å². The number of nitrogen functional groups attached to an aromatic ring is 1. The van der Waals surface area contributed by atoms with Crippen molar-refractivity contribution in [3.05, 3.63) is 29.3 Å². The highest BCUT2D eigenvalue weighted by atomic mass is 16.1. The second kappa shape index (κ2) is 5.71. The molecule has 3 heteroatoms. The van der Waals surface area contributed by atoms with Crippen molar-refractivity contribution in [3.8, 4) is 0 Å². The average Bonchev–Trinajstić information content (AvgIpc) is 2.29. The molecule has 0 saturated carbocycles. The summed E-state index contributed by atoms with van der Waals surface area (Å²) < 4.78 is 0. The number of nitrogens with one attached hydrogen (secondary N) is 1. The summed E-state index contributed by atoms with van der Waals surface area (Å²) in [7, 11) is 0. The molecule has 3 nitrogen and oxygen atoms in total. The number of carbonyl (C=O) groups excluding carboxylic acids is 1. The zero-order chi connectivity index (χ0) is 13.0. The molecule has 0 aromatic heterocycles. The summed E-state index contributed by atoms with van der Waals surface area (Å²) >= 11 is 0. The van der Waals surface area contributed by atoms with Gasteiger partial charge in [-0.05, 0) is 36.5 Å². The molecule has 1 atom stereocenters. The summed E-state index contributed by atoms with van der Waals surface area (Å²) in [5, 5.41) is 2.95. The molecular formula is C14H22N2O. The van der Waals surface area contributed by atoms with Gasteiger partial charge in [0.15, 0.2) is 0 Å². The number of rotatable bonds is 4. The van der Waals surface area contributed by atoms with Crippen LogP contribution in [0, 0.1) is 18.8 Å². The molecule has 1 unspecified atom stereocenters. The van der Waals surface area contributed by atoms with Gasteiger partial charge in [-0.2, -0.15) is 0 Å². The van der Waals surface area contributed by atoms with Gasteiger partial charge >= 0.3 is 0 Å². The fourth-order valence-corrected chi connectivity index (χ4v) is 1.48. The molecule has 0 heterocycles. The monoisotopic (exact) mass is 234 g/mol. The summed E-state index contributed by atoms with van der Waals surface area (Å²) in [5.74, 6) is 1.000. The van der Waals surface area contributed by atoms with Crippen molar-refractivity contribution in [1.82, 2.24) is 5.32 Å². The van der Waals surface area contributed by atoms with Gasteiger partial charge in [0.25, 0.3) is 5.91 Å². The predicted molar refractivity (Wildman–Crippen MR) is 71.9 cm³/mol. The zero-order valence-corrected chi connectivity index (χ0v) is 11.1. The number of benzene rings is 1. The second-order valence-corrected chi connectivity index (χ2v) is 4.95. The molecule has 0 spiro atoms. The molecule has 3 N–H and O–H groups in total. The maximum atomic E-state index is 12.0. The third kappa shape index (κ3) is 3.48. The van der Waals surface area contributed by atoms with Gasteiger partial charge in [-0.1, -0.05) is 26.8 Å². The average molecular weight is 234 g/mol. The van der Waals surface area contributed by atoms with E-state index in [1.165, 1.54) is 0 Å². The van der Waals surface area contributed by atoms with E-state index < -0.39 is 0 Å². The molecule has 1 amide bonds. The van der Waals surface area contributed by atoms with Crippen LogP contribution in [0.5, 0.6) is 0 Å². The van der Waals surface area contributed by atoms with Gasteiger partial charge in [0.1, 0.15) is 0 Å². The highest BCUT2D eigenvalue weighted by Crippen LogP contribution is 2.15. The van der Waals surface area contributed by atoms with E-state index in [0.717, 1.165) is 5.56 Å². The Hall–Kier alpha value is -1.51. The van der Waals surface area contributed by atoms with Crippen molar-refractivity contribution in [1.29, 1.82) is 0 Å². The Kier molecular flexibility index (Phi) is 4.55. The molecule has 94 valence electrons. The first-order chi connectivity index (χ1) is 7.93. The van der Waals surface area contributed by atoms with E-state index in [0.29, 0.717) is 29.6 Å². The van der Waals surface area contributed by atoms with Crippen molar-refractivity contribution in [3.63, 3.8) is 0 Å². The van der Waals surface area contributed by atoms with Gasteiger partial charge in [0.05, 0.1) is 0 Å². The van der Waals surface area contributed by atoms with Crippen LogP contribution >= 0.6 is 0 Å². The maximum Gasteiger partial charge on any atom is 0.251 e. The van der Waals surface area contributed by atoms with E-state index in [-0.39, 0.29) is 5.91 Å². The van der Waals surface area contributed by atoms with Crippen molar-refractivity contribution in [2.45, 2.75) is 27.7 Å². The van der Waals surface area contributed by atoms with E-state index in [4.69, 9.17) is 5.73 Å². The van der Waals surface area contributed by atoms with Crippen molar-refractivity contribution < 1.29 is 4.79 Å². The highest BCUT2D eigenvalue weighted by molar-refractivity contribution is 5.96. The Balaban J connectivity index is 2.68. The smallest absolute Gasteiger partial charge is 0.251 e. The van der Waals surface area contributed by atoms with Crippen LogP contribution in [-0.4, -0.2) is 12.5 Å². The molecule has 0 fully saturated rings. The van der Waals surface area contributed by atoms with Gasteiger partial charge in [-0.15, -0.1) is 0 Å². The molecule has 1 aromatic carbocycles. The zero-order valence-electron chi connectivity index (χ0n) is 11.1. The summed E-state index contributed by atoms with van der Waals surface area (Å²) in [4.78, 5) is 12.0. The maximum absolute atomic E-state index is 12.0.